The van der Waals surface area contributed by atoms with Crippen molar-refractivity contribution in [2.45, 2.75) is 258 Å². The average Bonchev–Trinajstić information content (AvgIpc) is 3.17. The highest BCUT2D eigenvalue weighted by atomic mass is 19.3. The Morgan fingerprint density at radius 2 is 0.911 bits per heavy atom. The van der Waals surface area contributed by atoms with Crippen molar-refractivity contribution in [1.82, 2.24) is 10.4 Å². The lowest BCUT2D eigenvalue weighted by molar-refractivity contribution is -0.165. The molecule has 0 aliphatic carbocycles. The molecule has 56 heavy (non-hydrogen) atoms. The standard InChI is InChI=1S/C29H60N2O2.C19H36F2O2/c1-6-9-12-13-14-15-16-19-26-33-30-29(32)28(24-25-31(4)5)23-22-27(20-17-10-7-2)21-18-11-8-3;1-2-3-4-5-6-7-8-9-10-11-12-13-14-15-16-17-19(20,21)18(22)23/h27-28H,6-26H2,1-5H3,(H,30,32);2-17H2,1H3,(H,22,23). The number of carbonyl (C=O) groups excluding carboxylic acids is 1. The second-order valence-electron chi connectivity index (χ2n) is 17.2. The van der Waals surface area contributed by atoms with Crippen molar-refractivity contribution in [1.29, 1.82) is 0 Å². The maximum Gasteiger partial charge on any atom is 0.374 e. The summed E-state index contributed by atoms with van der Waals surface area (Å²) in [4.78, 5) is 30.9. The lowest BCUT2D eigenvalue weighted by Crippen LogP contribution is -2.33. The smallest absolute Gasteiger partial charge is 0.374 e. The summed E-state index contributed by atoms with van der Waals surface area (Å²) in [5.41, 5.74) is 2.80. The van der Waals surface area contributed by atoms with Crippen LogP contribution in [0.4, 0.5) is 8.78 Å². The zero-order chi connectivity index (χ0) is 42.0. The molecule has 0 aromatic heterocycles. The van der Waals surface area contributed by atoms with E-state index < -0.39 is 18.3 Å². The minimum absolute atomic E-state index is 0.0609. The predicted molar refractivity (Wildman–Crippen MR) is 237 cm³/mol. The lowest BCUT2D eigenvalue weighted by atomic mass is 9.86. The first kappa shape index (κ1) is 56.8. The summed E-state index contributed by atoms with van der Waals surface area (Å²) in [5, 5.41) is 8.31. The van der Waals surface area contributed by atoms with Gasteiger partial charge >= 0.3 is 11.9 Å². The molecule has 1 unspecified atom stereocenters. The Bertz CT molecular complexity index is 819. The number of hydrogen-bond acceptors (Lipinski definition) is 4. The third-order valence-corrected chi connectivity index (χ3v) is 11.3. The quantitative estimate of drug-likeness (QED) is 0.0475. The Morgan fingerprint density at radius 3 is 1.30 bits per heavy atom. The van der Waals surface area contributed by atoms with Crippen LogP contribution in [-0.4, -0.2) is 55.1 Å². The van der Waals surface area contributed by atoms with Crippen LogP contribution in [-0.2, 0) is 14.4 Å². The number of hydroxylamine groups is 1. The van der Waals surface area contributed by atoms with Gasteiger partial charge in [0.25, 0.3) is 0 Å². The van der Waals surface area contributed by atoms with Crippen LogP contribution in [0.3, 0.4) is 0 Å². The number of alkyl halides is 2. The van der Waals surface area contributed by atoms with Crippen molar-refractivity contribution in [3.05, 3.63) is 0 Å². The van der Waals surface area contributed by atoms with Crippen LogP contribution in [0.15, 0.2) is 0 Å². The Morgan fingerprint density at radius 1 is 0.536 bits per heavy atom. The van der Waals surface area contributed by atoms with Crippen molar-refractivity contribution < 1.29 is 28.3 Å². The molecule has 0 aliphatic rings. The van der Waals surface area contributed by atoms with Gasteiger partial charge in [-0.3, -0.25) is 9.63 Å². The average molecular weight is 803 g/mol. The Labute approximate surface area is 347 Å². The number of nitrogens with zero attached hydrogens (tertiary/aromatic N) is 1. The highest BCUT2D eigenvalue weighted by Crippen LogP contribution is 2.26. The number of nitrogens with one attached hydrogen (secondary N) is 1. The minimum Gasteiger partial charge on any atom is -0.477 e. The molecule has 0 saturated heterocycles. The molecule has 0 radical (unpaired) electrons. The summed E-state index contributed by atoms with van der Waals surface area (Å²) in [6.45, 7) is 10.6. The van der Waals surface area contributed by atoms with E-state index in [1.807, 2.05) is 0 Å². The van der Waals surface area contributed by atoms with E-state index in [2.05, 4.69) is 52.2 Å². The highest BCUT2D eigenvalue weighted by molar-refractivity contribution is 5.77. The van der Waals surface area contributed by atoms with E-state index >= 15 is 0 Å². The molecule has 1 amide bonds. The molecule has 8 heteroatoms. The summed E-state index contributed by atoms with van der Waals surface area (Å²) >= 11 is 0. The number of aliphatic carboxylic acids is 1. The van der Waals surface area contributed by atoms with Crippen LogP contribution >= 0.6 is 0 Å². The first-order chi connectivity index (χ1) is 27.0. The predicted octanol–water partition coefficient (Wildman–Crippen LogP) is 15.3. The monoisotopic (exact) mass is 803 g/mol. The molecule has 0 fully saturated rings. The number of unbranched alkanes of at least 4 members (excludes halogenated alkanes) is 25. The van der Waals surface area contributed by atoms with Gasteiger partial charge in [0.2, 0.25) is 5.91 Å². The van der Waals surface area contributed by atoms with Gasteiger partial charge in [0.05, 0.1) is 6.61 Å². The normalized spacial score (nSPS) is 12.2. The largest absolute Gasteiger partial charge is 0.477 e. The van der Waals surface area contributed by atoms with Crippen molar-refractivity contribution >= 4 is 11.9 Å². The van der Waals surface area contributed by atoms with Gasteiger partial charge in [0, 0.05) is 12.3 Å². The molecule has 0 aromatic rings. The van der Waals surface area contributed by atoms with Gasteiger partial charge in [-0.05, 0) is 58.7 Å². The molecule has 6 nitrogen and oxygen atoms in total. The molecular formula is C48H96F2N2O4. The molecule has 0 spiro atoms. The number of carbonyl (C=O) groups is 2. The molecule has 336 valence electrons. The van der Waals surface area contributed by atoms with Gasteiger partial charge in [-0.25, -0.2) is 10.3 Å². The summed E-state index contributed by atoms with van der Waals surface area (Å²) in [7, 11) is 4.18. The number of rotatable bonds is 42. The summed E-state index contributed by atoms with van der Waals surface area (Å²) in [6, 6.07) is 0. The van der Waals surface area contributed by atoms with Gasteiger partial charge in [-0.1, -0.05) is 214 Å². The van der Waals surface area contributed by atoms with Gasteiger partial charge < -0.3 is 10.0 Å². The fourth-order valence-electron chi connectivity index (χ4n) is 7.40. The van der Waals surface area contributed by atoms with E-state index in [-0.39, 0.29) is 11.8 Å². The number of carboxylic acid groups (broad SMARTS) is 1. The van der Waals surface area contributed by atoms with Crippen LogP contribution in [0.1, 0.15) is 252 Å². The number of amides is 1. The topological polar surface area (TPSA) is 78.9 Å². The van der Waals surface area contributed by atoms with Gasteiger partial charge in [0.15, 0.2) is 0 Å². The molecule has 0 heterocycles. The molecule has 2 N–H and O–H groups in total. The van der Waals surface area contributed by atoms with Crippen LogP contribution in [0.5, 0.6) is 0 Å². The lowest BCUT2D eigenvalue weighted by Gasteiger charge is -2.22. The van der Waals surface area contributed by atoms with Gasteiger partial charge in [-0.15, -0.1) is 0 Å². The van der Waals surface area contributed by atoms with Gasteiger partial charge in [-0.2, -0.15) is 8.78 Å². The molecule has 1 atom stereocenters. The van der Waals surface area contributed by atoms with Gasteiger partial charge in [0.1, 0.15) is 0 Å². The van der Waals surface area contributed by atoms with Crippen LogP contribution in [0.2, 0.25) is 0 Å². The van der Waals surface area contributed by atoms with E-state index in [0.717, 1.165) is 44.6 Å². The van der Waals surface area contributed by atoms with E-state index in [0.29, 0.717) is 19.4 Å². The SMILES string of the molecule is CCCCCCCCCCCCCCCCCC(F)(F)C(=O)O.CCCCCCCCCCONC(=O)C(CCC(CCCCC)CCCCC)CCN(C)C. The number of carboxylic acids is 1. The molecular weight excluding hydrogens is 707 g/mol. The summed E-state index contributed by atoms with van der Waals surface area (Å²) in [5.74, 6) is -4.61. The van der Waals surface area contributed by atoms with Crippen LogP contribution in [0, 0.1) is 11.8 Å². The van der Waals surface area contributed by atoms with Crippen molar-refractivity contribution in [3.8, 4) is 0 Å². The van der Waals surface area contributed by atoms with Crippen molar-refractivity contribution in [2.75, 3.05) is 27.2 Å². The maximum atomic E-state index is 12.9. The highest BCUT2D eigenvalue weighted by Gasteiger charge is 2.37. The molecule has 0 aromatic carbocycles. The third kappa shape index (κ3) is 40.9. The van der Waals surface area contributed by atoms with Crippen molar-refractivity contribution in [3.63, 3.8) is 0 Å². The van der Waals surface area contributed by atoms with E-state index in [1.165, 1.54) is 173 Å². The second-order valence-corrected chi connectivity index (χ2v) is 17.2. The first-order valence-corrected chi connectivity index (χ1v) is 24.2. The number of hydrogen-bond donors (Lipinski definition) is 2. The number of halogens is 2. The van der Waals surface area contributed by atoms with E-state index in [9.17, 15) is 18.4 Å². The molecule has 0 bridgehead atoms. The fourth-order valence-corrected chi connectivity index (χ4v) is 7.40. The Balaban J connectivity index is 0. The molecule has 0 rings (SSSR count). The second kappa shape index (κ2) is 43.3. The maximum absolute atomic E-state index is 12.9. The minimum atomic E-state index is -3.55. The van der Waals surface area contributed by atoms with Crippen LogP contribution < -0.4 is 5.48 Å². The first-order valence-electron chi connectivity index (χ1n) is 24.2. The third-order valence-electron chi connectivity index (χ3n) is 11.3. The van der Waals surface area contributed by atoms with E-state index in [1.54, 1.807) is 0 Å². The molecule has 0 aliphatic heterocycles. The zero-order valence-corrected chi connectivity index (χ0v) is 38.2. The Hall–Kier alpha value is -1.28. The zero-order valence-electron chi connectivity index (χ0n) is 38.2. The van der Waals surface area contributed by atoms with E-state index in [4.69, 9.17) is 9.94 Å². The summed E-state index contributed by atoms with van der Waals surface area (Å²) in [6.07, 6.45) is 40.9. The Kier molecular flexibility index (Phi) is 43.9. The molecule has 0 saturated carbocycles. The summed E-state index contributed by atoms with van der Waals surface area (Å²) < 4.78 is 25.6. The van der Waals surface area contributed by atoms with Crippen LogP contribution in [0.25, 0.3) is 0 Å². The van der Waals surface area contributed by atoms with Crippen molar-refractivity contribution in [2.24, 2.45) is 11.8 Å². The fraction of sp³-hybridized carbons (Fsp3) is 0.958.